The van der Waals surface area contributed by atoms with Gasteiger partial charge in [0.1, 0.15) is 17.1 Å². The third-order valence-corrected chi connectivity index (χ3v) is 2.63. The molecule has 0 aliphatic rings. The van der Waals surface area contributed by atoms with Crippen LogP contribution >= 0.6 is 0 Å². The van der Waals surface area contributed by atoms with E-state index in [1.807, 2.05) is 40.9 Å². The fraction of sp³-hybridized carbons (Fsp3) is 0.0769. The van der Waals surface area contributed by atoms with Crippen molar-refractivity contribution in [3.05, 3.63) is 54.6 Å². The summed E-state index contributed by atoms with van der Waals surface area (Å²) >= 11 is 0. The number of ether oxygens (including phenoxy) is 1. The van der Waals surface area contributed by atoms with Crippen molar-refractivity contribution in [3.8, 4) is 11.6 Å². The maximum Gasteiger partial charge on any atom is 0.242 e. The van der Waals surface area contributed by atoms with Crippen LogP contribution in [0.2, 0.25) is 0 Å². The summed E-state index contributed by atoms with van der Waals surface area (Å²) in [6, 6.07) is 9.41. The summed E-state index contributed by atoms with van der Waals surface area (Å²) in [7, 11) is 0. The van der Waals surface area contributed by atoms with Gasteiger partial charge in [-0.05, 0) is 24.3 Å². The Morgan fingerprint density at radius 3 is 2.94 bits per heavy atom. The van der Waals surface area contributed by atoms with Crippen molar-refractivity contribution in [1.82, 2.24) is 14.4 Å². The Labute approximate surface area is 104 Å². The molecule has 3 heterocycles. The second-order valence-electron chi connectivity index (χ2n) is 3.79. The summed E-state index contributed by atoms with van der Waals surface area (Å²) in [5, 5.41) is 0. The van der Waals surface area contributed by atoms with Crippen molar-refractivity contribution in [2.24, 2.45) is 5.73 Å². The molecule has 0 bridgehead atoms. The maximum absolute atomic E-state index is 5.76. The van der Waals surface area contributed by atoms with Gasteiger partial charge in [0.2, 0.25) is 5.88 Å². The summed E-state index contributed by atoms with van der Waals surface area (Å²) in [6.45, 7) is 0.362. The number of fused-ring (bicyclic) bond motifs is 1. The van der Waals surface area contributed by atoms with Crippen LogP contribution in [0.1, 0.15) is 5.69 Å². The highest BCUT2D eigenvalue weighted by Crippen LogP contribution is 2.24. The highest BCUT2D eigenvalue weighted by atomic mass is 16.5. The Bertz CT molecular complexity index is 663. The van der Waals surface area contributed by atoms with Gasteiger partial charge in [0.05, 0.1) is 6.20 Å². The molecule has 0 fully saturated rings. The molecule has 2 N–H and O–H groups in total. The van der Waals surface area contributed by atoms with Crippen LogP contribution in [0.4, 0.5) is 0 Å². The first-order valence-corrected chi connectivity index (χ1v) is 5.62. The highest BCUT2D eigenvalue weighted by Gasteiger charge is 2.12. The van der Waals surface area contributed by atoms with Crippen molar-refractivity contribution in [1.29, 1.82) is 0 Å². The third kappa shape index (κ3) is 1.80. The van der Waals surface area contributed by atoms with Gasteiger partial charge in [0.25, 0.3) is 0 Å². The van der Waals surface area contributed by atoms with Crippen LogP contribution in [0.25, 0.3) is 5.65 Å². The molecule has 0 aliphatic heterocycles. The van der Waals surface area contributed by atoms with E-state index in [9.17, 15) is 0 Å². The molecule has 0 radical (unpaired) electrons. The largest absolute Gasteiger partial charge is 0.436 e. The van der Waals surface area contributed by atoms with Crippen LogP contribution in [0, 0.1) is 0 Å². The molecule has 18 heavy (non-hydrogen) atoms. The predicted molar refractivity (Wildman–Crippen MR) is 67.4 cm³/mol. The van der Waals surface area contributed by atoms with E-state index in [4.69, 9.17) is 10.5 Å². The average Bonchev–Trinajstić information content (AvgIpc) is 2.77. The van der Waals surface area contributed by atoms with Gasteiger partial charge in [-0.25, -0.2) is 0 Å². The van der Waals surface area contributed by atoms with E-state index >= 15 is 0 Å². The molecule has 0 saturated carbocycles. The molecule has 5 nitrogen and oxygen atoms in total. The standard InChI is InChI=1S/C13H12N4O/c14-8-11-13(18-10-4-3-6-15-9-10)16-12-5-1-2-7-17(11)12/h1-7,9H,8,14H2. The topological polar surface area (TPSA) is 65.4 Å². The zero-order chi connectivity index (χ0) is 12.4. The van der Waals surface area contributed by atoms with Gasteiger partial charge in [-0.2, -0.15) is 4.98 Å². The molecule has 3 aromatic rings. The van der Waals surface area contributed by atoms with E-state index < -0.39 is 0 Å². The molecule has 0 aliphatic carbocycles. The number of pyridine rings is 2. The van der Waals surface area contributed by atoms with Crippen LogP contribution in [0.5, 0.6) is 11.6 Å². The molecule has 0 spiro atoms. The Morgan fingerprint density at radius 2 is 2.17 bits per heavy atom. The van der Waals surface area contributed by atoms with Crippen molar-refractivity contribution in [2.75, 3.05) is 0 Å². The molecular weight excluding hydrogens is 228 g/mol. The van der Waals surface area contributed by atoms with Crippen LogP contribution in [-0.2, 0) is 6.54 Å². The monoisotopic (exact) mass is 240 g/mol. The molecule has 3 rings (SSSR count). The van der Waals surface area contributed by atoms with E-state index in [-0.39, 0.29) is 0 Å². The van der Waals surface area contributed by atoms with E-state index in [1.54, 1.807) is 12.4 Å². The number of hydrogen-bond donors (Lipinski definition) is 1. The lowest BCUT2D eigenvalue weighted by molar-refractivity contribution is 0.457. The van der Waals surface area contributed by atoms with Crippen molar-refractivity contribution >= 4 is 5.65 Å². The minimum atomic E-state index is 0.362. The Hall–Kier alpha value is -2.40. The zero-order valence-electron chi connectivity index (χ0n) is 9.65. The average molecular weight is 240 g/mol. The van der Waals surface area contributed by atoms with E-state index in [2.05, 4.69) is 9.97 Å². The molecule has 0 atom stereocenters. The molecular formula is C13H12N4O. The molecule has 0 saturated heterocycles. The predicted octanol–water partition coefficient (Wildman–Crippen LogP) is 1.98. The van der Waals surface area contributed by atoms with Gasteiger partial charge >= 0.3 is 0 Å². The van der Waals surface area contributed by atoms with Crippen molar-refractivity contribution in [3.63, 3.8) is 0 Å². The highest BCUT2D eigenvalue weighted by molar-refractivity contribution is 5.46. The second-order valence-corrected chi connectivity index (χ2v) is 3.79. The summed E-state index contributed by atoms with van der Waals surface area (Å²) in [6.07, 6.45) is 5.26. The normalized spacial score (nSPS) is 10.7. The van der Waals surface area contributed by atoms with E-state index in [0.29, 0.717) is 18.2 Å². The first-order valence-electron chi connectivity index (χ1n) is 5.62. The number of nitrogens with two attached hydrogens (primary N) is 1. The lowest BCUT2D eigenvalue weighted by Gasteiger charge is -2.03. The number of imidazole rings is 1. The smallest absolute Gasteiger partial charge is 0.242 e. The number of nitrogens with zero attached hydrogens (tertiary/aromatic N) is 3. The fourth-order valence-corrected chi connectivity index (χ4v) is 1.81. The summed E-state index contributed by atoms with van der Waals surface area (Å²) in [5.74, 6) is 1.17. The van der Waals surface area contributed by atoms with Gasteiger partial charge in [-0.15, -0.1) is 0 Å². The van der Waals surface area contributed by atoms with Gasteiger partial charge in [-0.1, -0.05) is 6.07 Å². The SMILES string of the molecule is NCc1c(Oc2cccnc2)nc2ccccn12. The third-order valence-electron chi connectivity index (χ3n) is 2.63. The van der Waals surface area contributed by atoms with Crippen molar-refractivity contribution in [2.45, 2.75) is 6.54 Å². The molecule has 0 unspecified atom stereocenters. The first-order chi connectivity index (χ1) is 8.88. The molecule has 3 aromatic heterocycles. The summed E-state index contributed by atoms with van der Waals surface area (Å²) in [4.78, 5) is 8.41. The molecule has 5 heteroatoms. The quantitative estimate of drug-likeness (QED) is 0.760. The lowest BCUT2D eigenvalue weighted by atomic mass is 10.4. The lowest BCUT2D eigenvalue weighted by Crippen LogP contribution is -2.02. The van der Waals surface area contributed by atoms with E-state index in [0.717, 1.165) is 11.3 Å². The fourth-order valence-electron chi connectivity index (χ4n) is 1.81. The number of aromatic nitrogens is 3. The second kappa shape index (κ2) is 4.46. The van der Waals surface area contributed by atoms with Gasteiger partial charge < -0.3 is 10.5 Å². The minimum absolute atomic E-state index is 0.362. The Balaban J connectivity index is 2.06. The van der Waals surface area contributed by atoms with Gasteiger partial charge in [0, 0.05) is 18.9 Å². The van der Waals surface area contributed by atoms with E-state index in [1.165, 1.54) is 0 Å². The maximum atomic E-state index is 5.76. The molecule has 0 amide bonds. The summed E-state index contributed by atoms with van der Waals surface area (Å²) < 4.78 is 7.63. The van der Waals surface area contributed by atoms with Crippen LogP contribution in [0.15, 0.2) is 48.9 Å². The molecule has 0 aromatic carbocycles. The van der Waals surface area contributed by atoms with Crippen LogP contribution in [-0.4, -0.2) is 14.4 Å². The minimum Gasteiger partial charge on any atom is -0.436 e. The van der Waals surface area contributed by atoms with Gasteiger partial charge in [0.15, 0.2) is 0 Å². The zero-order valence-corrected chi connectivity index (χ0v) is 9.65. The van der Waals surface area contributed by atoms with Crippen molar-refractivity contribution < 1.29 is 4.74 Å². The number of rotatable bonds is 3. The Kier molecular flexibility index (Phi) is 2.66. The molecule has 90 valence electrons. The first kappa shape index (κ1) is 10.7. The van der Waals surface area contributed by atoms with Crippen LogP contribution in [0.3, 0.4) is 0 Å². The number of hydrogen-bond acceptors (Lipinski definition) is 4. The van der Waals surface area contributed by atoms with Gasteiger partial charge in [-0.3, -0.25) is 9.38 Å². The Morgan fingerprint density at radius 1 is 1.22 bits per heavy atom. The summed E-state index contributed by atoms with van der Waals surface area (Å²) in [5.41, 5.74) is 7.42. The van der Waals surface area contributed by atoms with Crippen LogP contribution < -0.4 is 10.5 Å².